The van der Waals surface area contributed by atoms with Gasteiger partial charge in [-0.15, -0.1) is 0 Å². The SMILES string of the molecule is COc1ccc(C(=O)/C=C/c2ccc([N+](=O)[O-])cc2)cc1Br. The van der Waals surface area contributed by atoms with E-state index in [1.54, 1.807) is 43.5 Å². The lowest BCUT2D eigenvalue weighted by molar-refractivity contribution is -0.384. The Morgan fingerprint density at radius 1 is 1.23 bits per heavy atom. The average Bonchev–Trinajstić information content (AvgIpc) is 2.52. The molecule has 0 aliphatic heterocycles. The van der Waals surface area contributed by atoms with E-state index in [1.165, 1.54) is 18.2 Å². The highest BCUT2D eigenvalue weighted by atomic mass is 79.9. The molecule has 0 radical (unpaired) electrons. The van der Waals surface area contributed by atoms with Crippen LogP contribution in [0.3, 0.4) is 0 Å². The maximum Gasteiger partial charge on any atom is 0.269 e. The minimum Gasteiger partial charge on any atom is -0.496 e. The molecule has 0 bridgehead atoms. The summed E-state index contributed by atoms with van der Waals surface area (Å²) < 4.78 is 5.81. The number of nitrogens with zero attached hydrogens (tertiary/aromatic N) is 1. The van der Waals surface area contributed by atoms with Crippen molar-refractivity contribution in [2.75, 3.05) is 7.11 Å². The summed E-state index contributed by atoms with van der Waals surface area (Å²) >= 11 is 3.33. The van der Waals surface area contributed by atoms with Gasteiger partial charge in [-0.25, -0.2) is 0 Å². The van der Waals surface area contributed by atoms with E-state index in [-0.39, 0.29) is 11.5 Å². The van der Waals surface area contributed by atoms with Crippen LogP contribution in [0.1, 0.15) is 15.9 Å². The van der Waals surface area contributed by atoms with Gasteiger partial charge in [0.1, 0.15) is 5.75 Å². The van der Waals surface area contributed by atoms with Crippen molar-refractivity contribution >= 4 is 33.5 Å². The summed E-state index contributed by atoms with van der Waals surface area (Å²) in [5.74, 6) is 0.484. The number of nitro benzene ring substituents is 1. The van der Waals surface area contributed by atoms with Gasteiger partial charge < -0.3 is 4.74 Å². The number of hydrogen-bond acceptors (Lipinski definition) is 4. The maximum absolute atomic E-state index is 12.1. The van der Waals surface area contributed by atoms with E-state index < -0.39 is 4.92 Å². The third-order valence-electron chi connectivity index (χ3n) is 2.97. The minimum atomic E-state index is -0.465. The van der Waals surface area contributed by atoms with Crippen molar-refractivity contribution in [2.45, 2.75) is 0 Å². The topological polar surface area (TPSA) is 69.4 Å². The predicted octanol–water partition coefficient (Wildman–Crippen LogP) is 4.26. The number of nitro groups is 1. The highest BCUT2D eigenvalue weighted by Crippen LogP contribution is 2.25. The first-order valence-electron chi connectivity index (χ1n) is 6.31. The standard InChI is InChI=1S/C16H12BrNO4/c1-22-16-9-5-12(10-14(16)17)15(19)8-4-11-2-6-13(7-3-11)18(20)21/h2-10H,1H3/b8-4+. The van der Waals surface area contributed by atoms with Crippen LogP contribution in [-0.2, 0) is 0 Å². The molecule has 22 heavy (non-hydrogen) atoms. The number of halogens is 1. The van der Waals surface area contributed by atoms with Crippen LogP contribution in [0.15, 0.2) is 53.0 Å². The molecule has 0 amide bonds. The van der Waals surface area contributed by atoms with Crippen LogP contribution in [0.25, 0.3) is 6.08 Å². The first-order valence-corrected chi connectivity index (χ1v) is 7.11. The van der Waals surface area contributed by atoms with Crippen molar-refractivity contribution in [2.24, 2.45) is 0 Å². The van der Waals surface area contributed by atoms with Crippen LogP contribution in [0.2, 0.25) is 0 Å². The van der Waals surface area contributed by atoms with Gasteiger partial charge in [-0.05, 0) is 57.9 Å². The number of allylic oxidation sites excluding steroid dienone is 1. The molecular weight excluding hydrogens is 350 g/mol. The van der Waals surface area contributed by atoms with Gasteiger partial charge in [0, 0.05) is 17.7 Å². The van der Waals surface area contributed by atoms with E-state index in [0.29, 0.717) is 21.3 Å². The molecule has 0 spiro atoms. The molecule has 0 N–H and O–H groups in total. The monoisotopic (exact) mass is 361 g/mol. The minimum absolute atomic E-state index is 0.0163. The van der Waals surface area contributed by atoms with Crippen molar-refractivity contribution in [3.63, 3.8) is 0 Å². The Morgan fingerprint density at radius 3 is 2.45 bits per heavy atom. The summed E-state index contributed by atoms with van der Waals surface area (Å²) in [6.07, 6.45) is 3.04. The Morgan fingerprint density at radius 2 is 1.91 bits per heavy atom. The summed E-state index contributed by atoms with van der Waals surface area (Å²) in [7, 11) is 1.55. The number of ether oxygens (including phenoxy) is 1. The van der Waals surface area contributed by atoms with E-state index in [1.807, 2.05) is 0 Å². The van der Waals surface area contributed by atoms with Crippen molar-refractivity contribution in [1.82, 2.24) is 0 Å². The molecule has 2 rings (SSSR count). The Hall–Kier alpha value is -2.47. The molecule has 0 aromatic heterocycles. The fraction of sp³-hybridized carbons (Fsp3) is 0.0625. The van der Waals surface area contributed by atoms with Gasteiger partial charge in [0.25, 0.3) is 5.69 Å². The first-order chi connectivity index (χ1) is 10.5. The Bertz CT molecular complexity index is 738. The van der Waals surface area contributed by atoms with E-state index in [4.69, 9.17) is 4.74 Å². The number of benzene rings is 2. The summed E-state index contributed by atoms with van der Waals surface area (Å²) in [4.78, 5) is 22.2. The van der Waals surface area contributed by atoms with Crippen molar-refractivity contribution in [3.8, 4) is 5.75 Å². The quantitative estimate of drug-likeness (QED) is 0.345. The Kier molecular flexibility index (Phi) is 5.06. The second kappa shape index (κ2) is 7.00. The molecule has 0 saturated heterocycles. The lowest BCUT2D eigenvalue weighted by Crippen LogP contribution is -1.95. The Balaban J connectivity index is 2.14. The van der Waals surface area contributed by atoms with Crippen LogP contribution in [0, 0.1) is 10.1 Å². The van der Waals surface area contributed by atoms with Gasteiger partial charge >= 0.3 is 0 Å². The fourth-order valence-electron chi connectivity index (χ4n) is 1.79. The number of methoxy groups -OCH3 is 1. The third-order valence-corrected chi connectivity index (χ3v) is 3.59. The van der Waals surface area contributed by atoms with E-state index in [9.17, 15) is 14.9 Å². The smallest absolute Gasteiger partial charge is 0.269 e. The zero-order valence-electron chi connectivity index (χ0n) is 11.7. The molecule has 0 heterocycles. The molecule has 0 fully saturated rings. The molecule has 112 valence electrons. The molecule has 6 heteroatoms. The normalized spacial score (nSPS) is 10.6. The highest BCUT2D eigenvalue weighted by Gasteiger charge is 2.07. The van der Waals surface area contributed by atoms with Crippen molar-refractivity contribution in [3.05, 3.63) is 74.3 Å². The molecular formula is C16H12BrNO4. The molecule has 0 aliphatic rings. The molecule has 0 aliphatic carbocycles. The zero-order valence-corrected chi connectivity index (χ0v) is 13.2. The second-order valence-corrected chi connectivity index (χ2v) is 5.25. The number of carbonyl (C=O) groups is 1. The second-order valence-electron chi connectivity index (χ2n) is 4.40. The average molecular weight is 362 g/mol. The van der Waals surface area contributed by atoms with E-state index in [0.717, 1.165) is 0 Å². The summed E-state index contributed by atoms with van der Waals surface area (Å²) in [5, 5.41) is 10.6. The van der Waals surface area contributed by atoms with Gasteiger partial charge in [-0.2, -0.15) is 0 Å². The summed E-state index contributed by atoms with van der Waals surface area (Å²) in [6, 6.07) is 11.0. The maximum atomic E-state index is 12.1. The number of ketones is 1. The van der Waals surface area contributed by atoms with Gasteiger partial charge in [-0.1, -0.05) is 6.08 Å². The lowest BCUT2D eigenvalue weighted by Gasteiger charge is -2.04. The molecule has 2 aromatic rings. The van der Waals surface area contributed by atoms with Crippen LogP contribution < -0.4 is 4.74 Å². The van der Waals surface area contributed by atoms with E-state index >= 15 is 0 Å². The first kappa shape index (κ1) is 15.9. The summed E-state index contributed by atoms with van der Waals surface area (Å²) in [5.41, 5.74) is 1.25. The van der Waals surface area contributed by atoms with Crippen LogP contribution >= 0.6 is 15.9 Å². The molecule has 0 saturated carbocycles. The molecule has 2 aromatic carbocycles. The molecule has 0 unspecified atom stereocenters. The molecule has 5 nitrogen and oxygen atoms in total. The van der Waals surface area contributed by atoms with Crippen LogP contribution in [0.5, 0.6) is 5.75 Å². The van der Waals surface area contributed by atoms with Crippen LogP contribution in [0.4, 0.5) is 5.69 Å². The number of non-ortho nitro benzene ring substituents is 1. The van der Waals surface area contributed by atoms with Crippen molar-refractivity contribution in [1.29, 1.82) is 0 Å². The predicted molar refractivity (Wildman–Crippen MR) is 87.2 cm³/mol. The van der Waals surface area contributed by atoms with Crippen LogP contribution in [-0.4, -0.2) is 17.8 Å². The van der Waals surface area contributed by atoms with Gasteiger partial charge in [0.15, 0.2) is 5.78 Å². The van der Waals surface area contributed by atoms with Gasteiger partial charge in [0.2, 0.25) is 0 Å². The largest absolute Gasteiger partial charge is 0.496 e. The van der Waals surface area contributed by atoms with Crippen molar-refractivity contribution < 1.29 is 14.5 Å². The lowest BCUT2D eigenvalue weighted by atomic mass is 10.1. The van der Waals surface area contributed by atoms with E-state index in [2.05, 4.69) is 15.9 Å². The Labute approximate surface area is 135 Å². The summed E-state index contributed by atoms with van der Waals surface area (Å²) in [6.45, 7) is 0. The number of hydrogen-bond donors (Lipinski definition) is 0. The molecule has 0 atom stereocenters. The zero-order chi connectivity index (χ0) is 16.1. The number of rotatable bonds is 5. The number of carbonyl (C=O) groups excluding carboxylic acids is 1. The fourth-order valence-corrected chi connectivity index (χ4v) is 2.34. The highest BCUT2D eigenvalue weighted by molar-refractivity contribution is 9.10. The third kappa shape index (κ3) is 3.79. The van der Waals surface area contributed by atoms with Gasteiger partial charge in [-0.3, -0.25) is 14.9 Å². The van der Waals surface area contributed by atoms with Gasteiger partial charge in [0.05, 0.1) is 16.5 Å².